The van der Waals surface area contributed by atoms with Gasteiger partial charge in [0.15, 0.2) is 0 Å². The van der Waals surface area contributed by atoms with Gasteiger partial charge >= 0.3 is 12.1 Å². The Morgan fingerprint density at radius 2 is 1.84 bits per heavy atom. The summed E-state index contributed by atoms with van der Waals surface area (Å²) in [5, 5.41) is 19.7. The number of hydrogen-bond acceptors (Lipinski definition) is 6. The lowest BCUT2D eigenvalue weighted by molar-refractivity contribution is -0.151. The molecule has 7 nitrogen and oxygen atoms in total. The maximum Gasteiger partial charge on any atom is 0.410 e. The Morgan fingerprint density at radius 1 is 1.24 bits per heavy atom. The van der Waals surface area contributed by atoms with Crippen molar-refractivity contribution in [2.45, 2.75) is 58.0 Å². The Kier molecular flexibility index (Phi) is 5.57. The van der Waals surface area contributed by atoms with Crippen molar-refractivity contribution >= 4 is 12.1 Å². The van der Waals surface area contributed by atoms with E-state index in [2.05, 4.69) is 0 Å². The molecule has 0 aliphatic carbocycles. The summed E-state index contributed by atoms with van der Waals surface area (Å²) in [7, 11) is 0. The predicted octanol–water partition coefficient (Wildman–Crippen LogP) is 1.85. The number of phenols is 1. The number of β-amino-alcohol motifs (C(OH)–C–C–N with tert-alkyl or cyclic N) is 1. The quantitative estimate of drug-likeness (QED) is 0.807. The van der Waals surface area contributed by atoms with Crippen LogP contribution in [0.15, 0.2) is 24.3 Å². The van der Waals surface area contributed by atoms with Crippen LogP contribution in [0.3, 0.4) is 0 Å². The standard InChI is InChI=1S/C18H25NO6/c1-11(20)24-16-14(9-12-5-7-13(21)8-6-12)19(10-15(16)22)17(23)25-18(2,3)4/h5-8,14-16,21-22H,9-10H2,1-4H3/t14-,15+,16+/m1/s1. The van der Waals surface area contributed by atoms with Crippen LogP contribution < -0.4 is 0 Å². The molecule has 7 heteroatoms. The number of phenolic OH excluding ortho intramolecular Hbond substituents is 1. The number of rotatable bonds is 3. The van der Waals surface area contributed by atoms with E-state index in [9.17, 15) is 19.8 Å². The topological polar surface area (TPSA) is 96.3 Å². The first kappa shape index (κ1) is 19.1. The lowest BCUT2D eigenvalue weighted by Gasteiger charge is -2.30. The smallest absolute Gasteiger partial charge is 0.410 e. The minimum Gasteiger partial charge on any atom is -0.508 e. The third-order valence-corrected chi connectivity index (χ3v) is 3.85. The predicted molar refractivity (Wildman–Crippen MR) is 90.1 cm³/mol. The number of nitrogens with zero attached hydrogens (tertiary/aromatic N) is 1. The summed E-state index contributed by atoms with van der Waals surface area (Å²) in [6.07, 6.45) is -2.03. The lowest BCUT2D eigenvalue weighted by atomic mass is 10.0. The van der Waals surface area contributed by atoms with Crippen LogP contribution in [0.5, 0.6) is 5.75 Å². The summed E-state index contributed by atoms with van der Waals surface area (Å²) in [6, 6.07) is 5.97. The van der Waals surface area contributed by atoms with Crippen molar-refractivity contribution in [2.24, 2.45) is 0 Å². The molecule has 1 heterocycles. The number of amides is 1. The molecule has 1 aromatic rings. The summed E-state index contributed by atoms with van der Waals surface area (Å²) in [6.45, 7) is 6.57. The molecule has 1 aliphatic heterocycles. The first-order valence-electron chi connectivity index (χ1n) is 8.19. The van der Waals surface area contributed by atoms with Crippen LogP contribution in [0.25, 0.3) is 0 Å². The van der Waals surface area contributed by atoms with Gasteiger partial charge in [0.2, 0.25) is 0 Å². The van der Waals surface area contributed by atoms with Crippen LogP contribution in [-0.4, -0.2) is 57.6 Å². The molecule has 1 saturated heterocycles. The van der Waals surface area contributed by atoms with Crippen LogP contribution >= 0.6 is 0 Å². The molecule has 2 rings (SSSR count). The minimum absolute atomic E-state index is 0.0234. The number of benzene rings is 1. The molecule has 0 aromatic heterocycles. The summed E-state index contributed by atoms with van der Waals surface area (Å²) in [5.41, 5.74) is 0.160. The Labute approximate surface area is 147 Å². The maximum atomic E-state index is 12.5. The van der Waals surface area contributed by atoms with E-state index in [1.807, 2.05) is 0 Å². The van der Waals surface area contributed by atoms with Crippen LogP contribution in [0.1, 0.15) is 33.3 Å². The average molecular weight is 351 g/mol. The van der Waals surface area contributed by atoms with E-state index in [1.165, 1.54) is 11.8 Å². The van der Waals surface area contributed by atoms with Gasteiger partial charge in [0.1, 0.15) is 23.6 Å². The number of hydrogen-bond donors (Lipinski definition) is 2. The Hall–Kier alpha value is -2.28. The second kappa shape index (κ2) is 7.31. The van der Waals surface area contributed by atoms with E-state index < -0.39 is 35.9 Å². The zero-order chi connectivity index (χ0) is 18.8. The highest BCUT2D eigenvalue weighted by atomic mass is 16.6. The number of aliphatic hydroxyl groups excluding tert-OH is 1. The zero-order valence-corrected chi connectivity index (χ0v) is 14.9. The van der Waals surface area contributed by atoms with Gasteiger partial charge < -0.3 is 19.7 Å². The van der Waals surface area contributed by atoms with Crippen molar-refractivity contribution in [1.29, 1.82) is 0 Å². The highest BCUT2D eigenvalue weighted by molar-refractivity contribution is 5.70. The molecular formula is C18H25NO6. The van der Waals surface area contributed by atoms with E-state index in [1.54, 1.807) is 45.0 Å². The van der Waals surface area contributed by atoms with Crippen molar-refractivity contribution in [3.05, 3.63) is 29.8 Å². The number of likely N-dealkylation sites (tertiary alicyclic amines) is 1. The molecule has 0 bridgehead atoms. The van der Waals surface area contributed by atoms with Crippen LogP contribution in [0.2, 0.25) is 0 Å². The Balaban J connectivity index is 2.25. The number of aromatic hydroxyl groups is 1. The van der Waals surface area contributed by atoms with E-state index >= 15 is 0 Å². The zero-order valence-electron chi connectivity index (χ0n) is 14.9. The van der Waals surface area contributed by atoms with Gasteiger partial charge in [-0.3, -0.25) is 9.69 Å². The SMILES string of the molecule is CC(=O)O[C@H]1[C@@H](Cc2ccc(O)cc2)N(C(=O)OC(C)(C)C)C[C@@H]1O. The highest BCUT2D eigenvalue weighted by Crippen LogP contribution is 2.27. The van der Waals surface area contributed by atoms with Gasteiger partial charge in [-0.1, -0.05) is 12.1 Å². The van der Waals surface area contributed by atoms with Crippen LogP contribution in [0, 0.1) is 0 Å². The second-order valence-corrected chi connectivity index (χ2v) is 7.21. The lowest BCUT2D eigenvalue weighted by Crippen LogP contribution is -2.45. The van der Waals surface area contributed by atoms with Crippen molar-refractivity contribution in [1.82, 2.24) is 4.90 Å². The average Bonchev–Trinajstić information content (AvgIpc) is 2.76. The van der Waals surface area contributed by atoms with Crippen LogP contribution in [-0.2, 0) is 20.7 Å². The highest BCUT2D eigenvalue weighted by Gasteiger charge is 2.46. The molecule has 138 valence electrons. The van der Waals surface area contributed by atoms with Crippen molar-refractivity contribution in [2.75, 3.05) is 6.54 Å². The fraction of sp³-hybridized carbons (Fsp3) is 0.556. The van der Waals surface area contributed by atoms with E-state index in [0.29, 0.717) is 6.42 Å². The molecule has 1 fully saturated rings. The van der Waals surface area contributed by atoms with Gasteiger partial charge in [-0.15, -0.1) is 0 Å². The minimum atomic E-state index is -0.987. The first-order valence-corrected chi connectivity index (χ1v) is 8.19. The third kappa shape index (κ3) is 5.09. The summed E-state index contributed by atoms with van der Waals surface area (Å²) in [5.74, 6) is -0.387. The van der Waals surface area contributed by atoms with Crippen molar-refractivity contribution in [3.63, 3.8) is 0 Å². The van der Waals surface area contributed by atoms with Gasteiger partial charge in [-0.2, -0.15) is 0 Å². The van der Waals surface area contributed by atoms with E-state index in [-0.39, 0.29) is 12.3 Å². The molecule has 0 radical (unpaired) electrons. The molecular weight excluding hydrogens is 326 g/mol. The molecule has 1 aromatic carbocycles. The van der Waals surface area contributed by atoms with Crippen molar-refractivity contribution in [3.8, 4) is 5.75 Å². The molecule has 2 N–H and O–H groups in total. The number of ether oxygens (including phenoxy) is 2. The molecule has 3 atom stereocenters. The van der Waals surface area contributed by atoms with Gasteiger partial charge in [0.05, 0.1) is 12.6 Å². The summed E-state index contributed by atoms with van der Waals surface area (Å²) in [4.78, 5) is 25.3. The first-order chi connectivity index (χ1) is 11.6. The van der Waals surface area contributed by atoms with Gasteiger partial charge in [-0.25, -0.2) is 4.79 Å². The van der Waals surface area contributed by atoms with E-state index in [0.717, 1.165) is 5.56 Å². The Bertz CT molecular complexity index is 621. The molecule has 0 saturated carbocycles. The third-order valence-electron chi connectivity index (χ3n) is 3.85. The maximum absolute atomic E-state index is 12.5. The Morgan fingerprint density at radius 3 is 2.36 bits per heavy atom. The van der Waals surface area contributed by atoms with Gasteiger partial charge in [0, 0.05) is 6.92 Å². The number of carbonyl (C=O) groups excluding carboxylic acids is 2. The fourth-order valence-electron chi connectivity index (χ4n) is 2.85. The van der Waals surface area contributed by atoms with E-state index in [4.69, 9.17) is 9.47 Å². The van der Waals surface area contributed by atoms with Crippen molar-refractivity contribution < 1.29 is 29.3 Å². The molecule has 0 unspecified atom stereocenters. The number of carbonyl (C=O) groups is 2. The monoisotopic (exact) mass is 351 g/mol. The number of aliphatic hydroxyl groups is 1. The summed E-state index contributed by atoms with van der Waals surface area (Å²) < 4.78 is 10.7. The van der Waals surface area contributed by atoms with Gasteiger partial charge in [-0.05, 0) is 44.9 Å². The fourth-order valence-corrected chi connectivity index (χ4v) is 2.85. The van der Waals surface area contributed by atoms with Crippen LogP contribution in [0.4, 0.5) is 4.79 Å². The molecule has 25 heavy (non-hydrogen) atoms. The normalized spacial score (nSPS) is 23.4. The number of esters is 1. The summed E-state index contributed by atoms with van der Waals surface area (Å²) >= 11 is 0. The second-order valence-electron chi connectivity index (χ2n) is 7.21. The van der Waals surface area contributed by atoms with Gasteiger partial charge in [0.25, 0.3) is 0 Å². The molecule has 1 aliphatic rings. The molecule has 0 spiro atoms. The largest absolute Gasteiger partial charge is 0.508 e. The molecule has 1 amide bonds.